The van der Waals surface area contributed by atoms with Crippen molar-refractivity contribution in [2.45, 2.75) is 24.7 Å². The molecule has 21 heavy (non-hydrogen) atoms. The average molecular weight is 326 g/mol. The fourth-order valence-corrected chi connectivity index (χ4v) is 4.40. The molecule has 2 heterocycles. The Balaban J connectivity index is 1.56. The van der Waals surface area contributed by atoms with Crippen LogP contribution in [0.2, 0.25) is 0 Å². The second-order valence-electron chi connectivity index (χ2n) is 5.02. The van der Waals surface area contributed by atoms with Crippen LogP contribution in [0.3, 0.4) is 0 Å². The second-order valence-corrected chi connectivity index (χ2v) is 7.86. The van der Waals surface area contributed by atoms with Crippen LogP contribution in [0, 0.1) is 0 Å². The molecule has 0 N–H and O–H groups in total. The van der Waals surface area contributed by atoms with Gasteiger partial charge in [0.15, 0.2) is 0 Å². The van der Waals surface area contributed by atoms with Gasteiger partial charge < -0.3 is 22.4 Å². The van der Waals surface area contributed by atoms with Gasteiger partial charge in [-0.1, -0.05) is 18.2 Å². The molecule has 8 heteroatoms. The molecule has 1 aromatic rings. The van der Waals surface area contributed by atoms with E-state index < -0.39 is 20.0 Å². The van der Waals surface area contributed by atoms with Crippen molar-refractivity contribution < 1.29 is 27.2 Å². The highest BCUT2D eigenvalue weighted by Crippen LogP contribution is 2.22. The number of ether oxygens (including phenoxy) is 2. The van der Waals surface area contributed by atoms with Gasteiger partial charge >= 0.3 is 5.97 Å². The maximum atomic E-state index is 12.0. The average Bonchev–Trinajstić information content (AvgIpc) is 2.49. The minimum absolute atomic E-state index is 0.0689. The van der Waals surface area contributed by atoms with E-state index in [1.165, 1.54) is 0 Å². The van der Waals surface area contributed by atoms with Gasteiger partial charge in [0, 0.05) is 6.42 Å². The molecule has 3 atom stereocenters. The van der Waals surface area contributed by atoms with Crippen LogP contribution in [-0.4, -0.2) is 57.5 Å². The van der Waals surface area contributed by atoms with Crippen molar-refractivity contribution in [2.24, 2.45) is 0 Å². The van der Waals surface area contributed by atoms with Crippen molar-refractivity contribution in [1.29, 1.82) is 0 Å². The van der Waals surface area contributed by atoms with Crippen LogP contribution in [0.25, 0.3) is 0 Å². The Morgan fingerprint density at radius 3 is 2.86 bits per heavy atom. The van der Waals surface area contributed by atoms with E-state index in [1.54, 1.807) is 12.1 Å². The van der Waals surface area contributed by atoms with Gasteiger partial charge in [0.1, 0.15) is 12.2 Å². The molecule has 0 amide bonds. The molecule has 0 saturated carbocycles. The standard InChI is InChI=1S/C13H18O6Si2/c14-13(9-4-2-1-3-5-9)17-10-6-11-12(15-7-10)8-16-20-19-21-18-11/h1-5,10-12H,6-8,20-21H2. The van der Waals surface area contributed by atoms with E-state index in [0.717, 1.165) is 0 Å². The quantitative estimate of drug-likeness (QED) is 0.536. The third kappa shape index (κ3) is 3.99. The molecular formula is C13H18O6Si2. The van der Waals surface area contributed by atoms with Crippen molar-refractivity contribution in [3.05, 3.63) is 35.9 Å². The number of fused-ring (bicyclic) bond motifs is 1. The molecule has 3 unspecified atom stereocenters. The highest BCUT2D eigenvalue weighted by atomic mass is 28.3. The van der Waals surface area contributed by atoms with Crippen molar-refractivity contribution in [1.82, 2.24) is 0 Å². The largest absolute Gasteiger partial charge is 0.456 e. The van der Waals surface area contributed by atoms with Gasteiger partial charge in [0.2, 0.25) is 0 Å². The van der Waals surface area contributed by atoms with Crippen LogP contribution in [0.5, 0.6) is 0 Å². The van der Waals surface area contributed by atoms with Gasteiger partial charge in [0.25, 0.3) is 20.0 Å². The first-order valence-corrected chi connectivity index (χ1v) is 9.28. The van der Waals surface area contributed by atoms with E-state index in [4.69, 9.17) is 22.4 Å². The maximum Gasteiger partial charge on any atom is 0.338 e. The fourth-order valence-electron chi connectivity index (χ4n) is 2.42. The zero-order valence-electron chi connectivity index (χ0n) is 11.6. The summed E-state index contributed by atoms with van der Waals surface area (Å²) in [5.74, 6) is -0.328. The first-order valence-electron chi connectivity index (χ1n) is 6.97. The Bertz CT molecular complexity index is 471. The molecule has 0 radical (unpaired) electrons. The lowest BCUT2D eigenvalue weighted by Gasteiger charge is -2.36. The number of hydrogen-bond donors (Lipinski definition) is 0. The van der Waals surface area contributed by atoms with Gasteiger partial charge in [-0.15, -0.1) is 0 Å². The molecule has 0 bridgehead atoms. The summed E-state index contributed by atoms with van der Waals surface area (Å²) < 4.78 is 27.8. The van der Waals surface area contributed by atoms with E-state index in [0.29, 0.717) is 25.2 Å². The molecule has 0 aliphatic carbocycles. The van der Waals surface area contributed by atoms with Crippen molar-refractivity contribution in [3.63, 3.8) is 0 Å². The van der Waals surface area contributed by atoms with E-state index in [9.17, 15) is 4.79 Å². The molecule has 2 aliphatic heterocycles. The van der Waals surface area contributed by atoms with Crippen LogP contribution in [-0.2, 0) is 22.4 Å². The molecule has 2 aliphatic rings. The normalized spacial score (nSPS) is 32.1. The van der Waals surface area contributed by atoms with Crippen LogP contribution in [0.15, 0.2) is 30.3 Å². The second kappa shape index (κ2) is 7.29. The summed E-state index contributed by atoms with van der Waals surface area (Å²) >= 11 is 0. The summed E-state index contributed by atoms with van der Waals surface area (Å²) in [6.45, 7) is 0.890. The van der Waals surface area contributed by atoms with E-state index in [1.807, 2.05) is 18.2 Å². The van der Waals surface area contributed by atoms with Crippen LogP contribution >= 0.6 is 0 Å². The molecule has 2 saturated heterocycles. The molecule has 0 aromatic heterocycles. The van der Waals surface area contributed by atoms with Gasteiger partial charge in [-0.05, 0) is 12.1 Å². The summed E-state index contributed by atoms with van der Waals surface area (Å²) in [7, 11) is -1.89. The first kappa shape index (κ1) is 14.9. The predicted molar refractivity (Wildman–Crippen MR) is 79.0 cm³/mol. The summed E-state index contributed by atoms with van der Waals surface area (Å²) in [6.07, 6.45) is 0.170. The number of rotatable bonds is 2. The summed E-state index contributed by atoms with van der Waals surface area (Å²) in [5, 5.41) is 0. The number of carbonyl (C=O) groups is 1. The molecule has 3 rings (SSSR count). The van der Waals surface area contributed by atoms with Gasteiger partial charge in [-0.3, -0.25) is 0 Å². The third-order valence-electron chi connectivity index (χ3n) is 3.50. The fraction of sp³-hybridized carbons (Fsp3) is 0.462. The summed E-state index contributed by atoms with van der Waals surface area (Å²) in [4.78, 5) is 12.0. The lowest BCUT2D eigenvalue weighted by Crippen LogP contribution is -2.48. The number of benzene rings is 1. The van der Waals surface area contributed by atoms with E-state index in [-0.39, 0.29) is 24.3 Å². The summed E-state index contributed by atoms with van der Waals surface area (Å²) in [6, 6.07) is 8.96. The Morgan fingerprint density at radius 1 is 1.14 bits per heavy atom. The molecule has 6 nitrogen and oxygen atoms in total. The lowest BCUT2D eigenvalue weighted by molar-refractivity contribution is -0.134. The Kier molecular flexibility index (Phi) is 5.17. The predicted octanol–water partition coefficient (Wildman–Crippen LogP) is -0.570. The van der Waals surface area contributed by atoms with E-state index >= 15 is 0 Å². The SMILES string of the molecule is O=C(OC1COC2CO[SiH2]O[SiH2]OC2C1)c1ccccc1. The minimum atomic E-state index is -0.998. The van der Waals surface area contributed by atoms with Crippen molar-refractivity contribution >= 4 is 26.0 Å². The van der Waals surface area contributed by atoms with Crippen molar-refractivity contribution in [3.8, 4) is 0 Å². The van der Waals surface area contributed by atoms with Gasteiger partial charge in [-0.25, -0.2) is 4.79 Å². The van der Waals surface area contributed by atoms with Crippen LogP contribution in [0.4, 0.5) is 0 Å². The monoisotopic (exact) mass is 326 g/mol. The topological polar surface area (TPSA) is 63.2 Å². The Hall–Kier alpha value is -1.04. The van der Waals surface area contributed by atoms with Gasteiger partial charge in [0.05, 0.1) is 24.9 Å². The molecule has 0 spiro atoms. The van der Waals surface area contributed by atoms with Gasteiger partial charge in [-0.2, -0.15) is 0 Å². The van der Waals surface area contributed by atoms with Crippen molar-refractivity contribution in [2.75, 3.05) is 13.2 Å². The van der Waals surface area contributed by atoms with Crippen LogP contribution in [0.1, 0.15) is 16.8 Å². The molecule has 114 valence electrons. The highest BCUT2D eigenvalue weighted by Gasteiger charge is 2.34. The van der Waals surface area contributed by atoms with Crippen LogP contribution < -0.4 is 0 Å². The summed E-state index contributed by atoms with van der Waals surface area (Å²) in [5.41, 5.74) is 0.547. The Labute approximate surface area is 127 Å². The third-order valence-corrected chi connectivity index (χ3v) is 5.80. The number of esters is 1. The minimum Gasteiger partial charge on any atom is -0.456 e. The Morgan fingerprint density at radius 2 is 2.00 bits per heavy atom. The lowest BCUT2D eigenvalue weighted by atomic mass is 10.0. The molecule has 1 aromatic carbocycles. The smallest absolute Gasteiger partial charge is 0.338 e. The molecule has 2 fully saturated rings. The molecular weight excluding hydrogens is 308 g/mol. The maximum absolute atomic E-state index is 12.0. The zero-order valence-corrected chi connectivity index (χ0v) is 14.4. The number of carbonyl (C=O) groups excluding carboxylic acids is 1. The highest BCUT2D eigenvalue weighted by molar-refractivity contribution is 6.34. The number of hydrogen-bond acceptors (Lipinski definition) is 6. The zero-order chi connectivity index (χ0) is 14.5. The van der Waals surface area contributed by atoms with E-state index in [2.05, 4.69) is 0 Å². The first-order chi connectivity index (χ1) is 10.3.